The van der Waals surface area contributed by atoms with Gasteiger partial charge in [-0.2, -0.15) is 0 Å². The molecule has 4 saturated carbocycles. The van der Waals surface area contributed by atoms with Gasteiger partial charge in [0.15, 0.2) is 0 Å². The molecule has 5 atom stereocenters. The van der Waals surface area contributed by atoms with Crippen molar-refractivity contribution in [2.24, 2.45) is 28.9 Å². The van der Waals surface area contributed by atoms with E-state index in [0.717, 1.165) is 22.7 Å². The van der Waals surface area contributed by atoms with Gasteiger partial charge in [-0.1, -0.05) is 55.9 Å². The van der Waals surface area contributed by atoms with Gasteiger partial charge in [0.25, 0.3) is 0 Å². The molecule has 0 radical (unpaired) electrons. The van der Waals surface area contributed by atoms with E-state index in [1.165, 1.54) is 37.7 Å². The van der Waals surface area contributed by atoms with Crippen molar-refractivity contribution < 1.29 is 0 Å². The van der Waals surface area contributed by atoms with Gasteiger partial charge in [0.2, 0.25) is 0 Å². The highest BCUT2D eigenvalue weighted by molar-refractivity contribution is 7.80. The smallest absolute Gasteiger partial charge is 0.0793 e. The highest BCUT2D eigenvalue weighted by Gasteiger charge is 2.68. The highest BCUT2D eigenvalue weighted by Crippen LogP contribution is 2.73. The first kappa shape index (κ1) is 12.8. The molecule has 0 aromatic heterocycles. The van der Waals surface area contributed by atoms with Crippen LogP contribution in [0.25, 0.3) is 0 Å². The molecule has 5 rings (SSSR count). The predicted molar refractivity (Wildman–Crippen MR) is 86.6 cm³/mol. The van der Waals surface area contributed by atoms with Crippen molar-refractivity contribution >= 4 is 17.2 Å². The lowest BCUT2D eigenvalue weighted by Crippen LogP contribution is -2.40. The number of hydrogen-bond donors (Lipinski definition) is 1. The zero-order chi connectivity index (χ0) is 14.0. The van der Waals surface area contributed by atoms with Gasteiger partial charge in [0, 0.05) is 5.41 Å². The van der Waals surface area contributed by atoms with Crippen LogP contribution in [0.3, 0.4) is 0 Å². The van der Waals surface area contributed by atoms with Gasteiger partial charge >= 0.3 is 0 Å². The molecule has 0 amide bonds. The maximum absolute atomic E-state index is 6.24. The third kappa shape index (κ3) is 1.41. The van der Waals surface area contributed by atoms with Gasteiger partial charge in [-0.25, -0.2) is 0 Å². The lowest BCUT2D eigenvalue weighted by atomic mass is 9.62. The lowest BCUT2D eigenvalue weighted by Gasteiger charge is -2.43. The second-order valence-electron chi connectivity index (χ2n) is 7.39. The molecule has 1 nitrogen and oxygen atoms in total. The standard InChI is InChI=1S/C18H23NS/c1-2-14-12-8-17(13-6-4-3-5-7-13)10-15(14)18(9-12,11-17)16(19)20/h3-7,12,14-15H,2,8-11H2,1H3,(H2,19,20). The summed E-state index contributed by atoms with van der Waals surface area (Å²) in [5.74, 6) is 2.44. The Kier molecular flexibility index (Phi) is 2.61. The Bertz CT molecular complexity index is 554. The summed E-state index contributed by atoms with van der Waals surface area (Å²) in [6, 6.07) is 11.1. The number of rotatable bonds is 3. The average molecular weight is 285 g/mol. The largest absolute Gasteiger partial charge is 0.393 e. The number of benzene rings is 1. The molecule has 4 fully saturated rings. The van der Waals surface area contributed by atoms with Crippen LogP contribution in [0.2, 0.25) is 0 Å². The van der Waals surface area contributed by atoms with E-state index >= 15 is 0 Å². The Labute approximate surface area is 126 Å². The highest BCUT2D eigenvalue weighted by atomic mass is 32.1. The minimum Gasteiger partial charge on any atom is -0.393 e. The van der Waals surface area contributed by atoms with E-state index in [9.17, 15) is 0 Å². The molecule has 2 N–H and O–H groups in total. The maximum Gasteiger partial charge on any atom is 0.0793 e. The molecule has 0 heterocycles. The predicted octanol–water partition coefficient (Wildman–Crippen LogP) is 4.06. The van der Waals surface area contributed by atoms with Crippen molar-refractivity contribution in [1.82, 2.24) is 0 Å². The molecule has 5 unspecified atom stereocenters. The fraction of sp³-hybridized carbons (Fsp3) is 0.611. The normalized spacial score (nSPS) is 45.0. The van der Waals surface area contributed by atoms with Crippen molar-refractivity contribution in [1.29, 1.82) is 0 Å². The molecule has 4 aliphatic rings. The van der Waals surface area contributed by atoms with Crippen LogP contribution >= 0.6 is 12.2 Å². The Balaban J connectivity index is 1.81. The van der Waals surface area contributed by atoms with Gasteiger partial charge in [-0.05, 0) is 54.4 Å². The van der Waals surface area contributed by atoms with E-state index in [0.29, 0.717) is 5.41 Å². The minimum atomic E-state index is 0.175. The lowest BCUT2D eigenvalue weighted by molar-refractivity contribution is 0.160. The van der Waals surface area contributed by atoms with Crippen LogP contribution in [-0.2, 0) is 5.41 Å². The Morgan fingerprint density at radius 1 is 1.25 bits per heavy atom. The van der Waals surface area contributed by atoms with E-state index in [1.807, 2.05) is 0 Å². The molecular formula is C18H23NS. The second kappa shape index (κ2) is 4.07. The third-order valence-corrected chi connectivity index (χ3v) is 7.13. The van der Waals surface area contributed by atoms with Gasteiger partial charge in [-0.3, -0.25) is 0 Å². The molecule has 0 saturated heterocycles. The monoisotopic (exact) mass is 285 g/mol. The summed E-state index contributed by atoms with van der Waals surface area (Å²) in [5.41, 5.74) is 8.31. The van der Waals surface area contributed by atoms with Crippen molar-refractivity contribution in [2.45, 2.75) is 44.4 Å². The van der Waals surface area contributed by atoms with E-state index in [4.69, 9.17) is 18.0 Å². The third-order valence-electron chi connectivity index (χ3n) is 6.72. The number of nitrogens with two attached hydrogens (primary N) is 1. The van der Waals surface area contributed by atoms with E-state index in [2.05, 4.69) is 37.3 Å². The van der Waals surface area contributed by atoms with Gasteiger partial charge in [-0.15, -0.1) is 0 Å². The topological polar surface area (TPSA) is 26.0 Å². The minimum absolute atomic E-state index is 0.175. The average Bonchev–Trinajstić information content (AvgIpc) is 2.83. The molecule has 1 aromatic rings. The van der Waals surface area contributed by atoms with Crippen LogP contribution < -0.4 is 5.73 Å². The van der Waals surface area contributed by atoms with Gasteiger partial charge in [0.05, 0.1) is 4.99 Å². The first-order valence-corrected chi connectivity index (χ1v) is 8.37. The molecule has 4 bridgehead atoms. The van der Waals surface area contributed by atoms with E-state index < -0.39 is 0 Å². The maximum atomic E-state index is 6.24. The van der Waals surface area contributed by atoms with Gasteiger partial charge < -0.3 is 5.73 Å². The van der Waals surface area contributed by atoms with Crippen LogP contribution in [0, 0.1) is 23.2 Å². The fourth-order valence-electron chi connectivity index (χ4n) is 6.15. The van der Waals surface area contributed by atoms with Crippen LogP contribution in [0.4, 0.5) is 0 Å². The van der Waals surface area contributed by atoms with Crippen LogP contribution in [0.1, 0.15) is 44.6 Å². The molecule has 106 valence electrons. The summed E-state index contributed by atoms with van der Waals surface area (Å²) < 4.78 is 0. The quantitative estimate of drug-likeness (QED) is 0.848. The zero-order valence-electron chi connectivity index (χ0n) is 12.1. The second-order valence-corrected chi connectivity index (χ2v) is 7.83. The first-order chi connectivity index (χ1) is 9.61. The summed E-state index contributed by atoms with van der Waals surface area (Å²) >= 11 is 5.54. The molecule has 20 heavy (non-hydrogen) atoms. The fourth-order valence-corrected chi connectivity index (χ4v) is 6.46. The van der Waals surface area contributed by atoms with Crippen molar-refractivity contribution in [2.75, 3.05) is 0 Å². The summed E-state index contributed by atoms with van der Waals surface area (Å²) in [6.07, 6.45) is 6.43. The summed E-state index contributed by atoms with van der Waals surface area (Å²) in [7, 11) is 0. The molecule has 1 aromatic carbocycles. The first-order valence-electron chi connectivity index (χ1n) is 7.97. The Hall–Kier alpha value is -0.890. The van der Waals surface area contributed by atoms with Crippen molar-refractivity contribution in [3.63, 3.8) is 0 Å². The number of thiocarbonyl (C=S) groups is 1. The molecule has 0 aliphatic heterocycles. The van der Waals surface area contributed by atoms with E-state index in [-0.39, 0.29) is 5.41 Å². The zero-order valence-corrected chi connectivity index (χ0v) is 13.0. The van der Waals surface area contributed by atoms with Crippen LogP contribution in [0.15, 0.2) is 30.3 Å². The summed E-state index contributed by atoms with van der Waals surface area (Å²) in [4.78, 5) is 0.806. The van der Waals surface area contributed by atoms with Crippen molar-refractivity contribution in [3.05, 3.63) is 35.9 Å². The molecule has 0 spiro atoms. The molecular weight excluding hydrogens is 262 g/mol. The molecule has 2 heteroatoms. The van der Waals surface area contributed by atoms with E-state index in [1.54, 1.807) is 0 Å². The Morgan fingerprint density at radius 3 is 2.65 bits per heavy atom. The summed E-state index contributed by atoms with van der Waals surface area (Å²) in [5, 5.41) is 0. The number of hydrogen-bond acceptors (Lipinski definition) is 1. The molecule has 4 aliphatic carbocycles. The summed E-state index contributed by atoms with van der Waals surface area (Å²) in [6.45, 7) is 2.35. The van der Waals surface area contributed by atoms with Crippen molar-refractivity contribution in [3.8, 4) is 0 Å². The SMILES string of the molecule is CCC1C2CC3(c4ccccc4)CC1C(C(N)=S)(C2)C3. The van der Waals surface area contributed by atoms with Gasteiger partial charge in [0.1, 0.15) is 0 Å². The van der Waals surface area contributed by atoms with Crippen LogP contribution in [-0.4, -0.2) is 4.99 Å². The van der Waals surface area contributed by atoms with Crippen LogP contribution in [0.5, 0.6) is 0 Å². The Morgan fingerprint density at radius 2 is 2.00 bits per heavy atom.